The fraction of sp³-hybridized carbons (Fsp3) is 0.917. The summed E-state index contributed by atoms with van der Waals surface area (Å²) in [5.74, 6) is -0.229. The van der Waals surface area contributed by atoms with Gasteiger partial charge in [0.05, 0.1) is 0 Å². The Kier molecular flexibility index (Phi) is 2.75. The average Bonchev–Trinajstić information content (AvgIpc) is 2.95. The van der Waals surface area contributed by atoms with Crippen LogP contribution in [0.5, 0.6) is 0 Å². The molecule has 2 unspecified atom stereocenters. The maximum atomic E-state index is 11.5. The van der Waals surface area contributed by atoms with E-state index in [4.69, 9.17) is 0 Å². The number of nitrogens with zero attached hydrogens (tertiary/aromatic N) is 1. The summed E-state index contributed by atoms with van der Waals surface area (Å²) in [5.41, 5.74) is -0.586. The van der Waals surface area contributed by atoms with E-state index >= 15 is 0 Å². The van der Waals surface area contributed by atoms with E-state index in [1.165, 1.54) is 6.42 Å². The first-order valence-corrected chi connectivity index (χ1v) is 6.10. The zero-order valence-corrected chi connectivity index (χ0v) is 9.70. The van der Waals surface area contributed by atoms with Gasteiger partial charge >= 0.3 is 5.97 Å². The van der Waals surface area contributed by atoms with Gasteiger partial charge in [-0.15, -0.1) is 0 Å². The minimum absolute atomic E-state index is 0.391. The molecular formula is C12H21NO2. The lowest BCUT2D eigenvalue weighted by molar-refractivity contribution is -0.153. The Hall–Kier alpha value is -0.570. The Morgan fingerprint density at radius 3 is 2.60 bits per heavy atom. The van der Waals surface area contributed by atoms with Gasteiger partial charge < -0.3 is 5.11 Å². The van der Waals surface area contributed by atoms with Crippen molar-refractivity contribution in [1.29, 1.82) is 0 Å². The van der Waals surface area contributed by atoms with Crippen molar-refractivity contribution in [2.24, 2.45) is 5.92 Å². The van der Waals surface area contributed by atoms with Gasteiger partial charge in [-0.3, -0.25) is 9.69 Å². The van der Waals surface area contributed by atoms with Crippen molar-refractivity contribution in [2.75, 3.05) is 6.54 Å². The van der Waals surface area contributed by atoms with Crippen LogP contribution in [0.1, 0.15) is 46.0 Å². The Morgan fingerprint density at radius 2 is 2.13 bits per heavy atom. The van der Waals surface area contributed by atoms with Crippen LogP contribution in [0.2, 0.25) is 0 Å². The molecule has 2 aliphatic rings. The molecule has 1 N–H and O–H groups in total. The summed E-state index contributed by atoms with van der Waals surface area (Å²) in [5, 5.41) is 9.47. The molecule has 0 aromatic carbocycles. The molecule has 1 saturated carbocycles. The van der Waals surface area contributed by atoms with Crippen LogP contribution >= 0.6 is 0 Å². The molecule has 2 rings (SSSR count). The highest BCUT2D eigenvalue weighted by atomic mass is 16.4. The highest BCUT2D eigenvalue weighted by Crippen LogP contribution is 2.46. The Labute approximate surface area is 91.5 Å². The predicted octanol–water partition coefficient (Wildman–Crippen LogP) is 2.11. The lowest BCUT2D eigenvalue weighted by Crippen LogP contribution is -2.55. The summed E-state index contributed by atoms with van der Waals surface area (Å²) in [7, 11) is 0. The van der Waals surface area contributed by atoms with Crippen LogP contribution in [0.4, 0.5) is 0 Å². The molecule has 2 atom stereocenters. The van der Waals surface area contributed by atoms with Gasteiger partial charge in [0.1, 0.15) is 5.54 Å². The third kappa shape index (κ3) is 1.67. The lowest BCUT2D eigenvalue weighted by atomic mass is 9.92. The van der Waals surface area contributed by atoms with E-state index in [1.807, 2.05) is 6.92 Å². The van der Waals surface area contributed by atoms with E-state index in [1.54, 1.807) is 0 Å². The van der Waals surface area contributed by atoms with Crippen LogP contribution in [0.3, 0.4) is 0 Å². The molecule has 3 nitrogen and oxygen atoms in total. The van der Waals surface area contributed by atoms with Crippen LogP contribution in [0.25, 0.3) is 0 Å². The van der Waals surface area contributed by atoms with Gasteiger partial charge in [-0.05, 0) is 51.5 Å². The van der Waals surface area contributed by atoms with Crippen molar-refractivity contribution in [3.8, 4) is 0 Å². The maximum absolute atomic E-state index is 11.5. The molecular weight excluding hydrogens is 190 g/mol. The monoisotopic (exact) mass is 211 g/mol. The van der Waals surface area contributed by atoms with Gasteiger partial charge in [0.25, 0.3) is 0 Å². The van der Waals surface area contributed by atoms with Crippen molar-refractivity contribution in [1.82, 2.24) is 4.90 Å². The number of carboxylic acids is 1. The fourth-order valence-electron chi connectivity index (χ4n) is 3.05. The van der Waals surface area contributed by atoms with Crippen LogP contribution in [-0.4, -0.2) is 34.1 Å². The van der Waals surface area contributed by atoms with Crippen molar-refractivity contribution in [3.05, 3.63) is 0 Å². The first-order valence-electron chi connectivity index (χ1n) is 6.10. The van der Waals surface area contributed by atoms with Crippen molar-refractivity contribution in [3.63, 3.8) is 0 Å². The molecule has 86 valence electrons. The van der Waals surface area contributed by atoms with E-state index in [9.17, 15) is 9.90 Å². The quantitative estimate of drug-likeness (QED) is 0.774. The van der Waals surface area contributed by atoms with Crippen molar-refractivity contribution >= 4 is 5.97 Å². The summed E-state index contributed by atoms with van der Waals surface area (Å²) >= 11 is 0. The second-order valence-electron chi connectivity index (χ2n) is 5.12. The third-order valence-corrected chi connectivity index (χ3v) is 4.25. The first-order chi connectivity index (χ1) is 7.10. The van der Waals surface area contributed by atoms with Gasteiger partial charge in [0, 0.05) is 6.04 Å². The Bertz CT molecular complexity index is 262. The summed E-state index contributed by atoms with van der Waals surface area (Å²) < 4.78 is 0. The lowest BCUT2D eigenvalue weighted by Gasteiger charge is -2.39. The molecule has 0 spiro atoms. The number of rotatable bonds is 4. The van der Waals surface area contributed by atoms with E-state index in [2.05, 4.69) is 11.8 Å². The zero-order chi connectivity index (χ0) is 11.1. The number of hydrogen-bond acceptors (Lipinski definition) is 2. The molecule has 1 saturated heterocycles. The number of hydrogen-bond donors (Lipinski definition) is 1. The SMILES string of the molecule is CCC1CCCN1C(C)(C(=O)O)C1CC1. The number of likely N-dealkylation sites (tertiary alicyclic amines) is 1. The van der Waals surface area contributed by atoms with E-state index in [0.29, 0.717) is 12.0 Å². The highest BCUT2D eigenvalue weighted by Gasteiger charge is 2.53. The van der Waals surface area contributed by atoms with Gasteiger partial charge in [0.15, 0.2) is 0 Å². The largest absolute Gasteiger partial charge is 0.480 e. The molecule has 0 aromatic rings. The van der Waals surface area contributed by atoms with Gasteiger partial charge in [-0.2, -0.15) is 0 Å². The van der Waals surface area contributed by atoms with Crippen molar-refractivity contribution < 1.29 is 9.90 Å². The normalized spacial score (nSPS) is 31.5. The Balaban J connectivity index is 2.20. The summed E-state index contributed by atoms with van der Waals surface area (Å²) in [6.45, 7) is 5.07. The first kappa shape index (κ1) is 10.9. The van der Waals surface area contributed by atoms with E-state index in [-0.39, 0.29) is 0 Å². The standard InChI is InChI=1S/C12H21NO2/c1-3-10-5-4-8-13(10)12(2,11(14)15)9-6-7-9/h9-10H,3-8H2,1-2H3,(H,14,15). The molecule has 0 radical (unpaired) electrons. The van der Waals surface area contributed by atoms with Gasteiger partial charge in [-0.1, -0.05) is 6.92 Å². The second-order valence-corrected chi connectivity index (χ2v) is 5.12. The second kappa shape index (κ2) is 3.78. The molecule has 3 heteroatoms. The van der Waals surface area contributed by atoms with Gasteiger partial charge in [0.2, 0.25) is 0 Å². The topological polar surface area (TPSA) is 40.5 Å². The van der Waals surface area contributed by atoms with E-state index < -0.39 is 11.5 Å². The average molecular weight is 211 g/mol. The Morgan fingerprint density at radius 1 is 1.47 bits per heavy atom. The minimum Gasteiger partial charge on any atom is -0.480 e. The highest BCUT2D eigenvalue weighted by molar-refractivity contribution is 5.79. The number of aliphatic carboxylic acids is 1. The van der Waals surface area contributed by atoms with Gasteiger partial charge in [-0.25, -0.2) is 0 Å². The molecule has 1 heterocycles. The molecule has 1 aliphatic carbocycles. The molecule has 1 aliphatic heterocycles. The number of carbonyl (C=O) groups is 1. The summed E-state index contributed by atoms with van der Waals surface area (Å²) in [6.07, 6.45) is 5.60. The predicted molar refractivity (Wildman–Crippen MR) is 58.8 cm³/mol. The smallest absolute Gasteiger partial charge is 0.324 e. The van der Waals surface area contributed by atoms with Crippen LogP contribution in [0.15, 0.2) is 0 Å². The fourth-order valence-corrected chi connectivity index (χ4v) is 3.05. The van der Waals surface area contributed by atoms with Crippen LogP contribution in [-0.2, 0) is 4.79 Å². The molecule has 0 aromatic heterocycles. The number of carboxylic acid groups (broad SMARTS) is 1. The maximum Gasteiger partial charge on any atom is 0.324 e. The van der Waals surface area contributed by atoms with Crippen LogP contribution < -0.4 is 0 Å². The third-order valence-electron chi connectivity index (χ3n) is 4.25. The summed E-state index contributed by atoms with van der Waals surface area (Å²) in [4.78, 5) is 13.8. The molecule has 2 fully saturated rings. The zero-order valence-electron chi connectivity index (χ0n) is 9.70. The molecule has 15 heavy (non-hydrogen) atoms. The molecule has 0 amide bonds. The van der Waals surface area contributed by atoms with Crippen LogP contribution in [0, 0.1) is 5.92 Å². The minimum atomic E-state index is -0.620. The van der Waals surface area contributed by atoms with Crippen molar-refractivity contribution in [2.45, 2.75) is 57.5 Å². The van der Waals surface area contributed by atoms with E-state index in [0.717, 1.165) is 32.2 Å². The summed E-state index contributed by atoms with van der Waals surface area (Å²) in [6, 6.07) is 0.492. The molecule has 0 bridgehead atoms.